The minimum atomic E-state index is -1.05. The molecule has 19 heavy (non-hydrogen) atoms. The Labute approximate surface area is 117 Å². The van der Waals surface area contributed by atoms with Gasteiger partial charge in [0.25, 0.3) is 0 Å². The normalized spacial score (nSPS) is 42.2. The predicted octanol–water partition coefficient (Wildman–Crippen LogP) is 1.71. The first-order valence-electron chi connectivity index (χ1n) is 6.50. The second-order valence-electron chi connectivity index (χ2n) is 4.81. The molecule has 2 rings (SSSR count). The molecule has 7 heteroatoms. The molecule has 0 aromatic heterocycles. The van der Waals surface area contributed by atoms with Crippen molar-refractivity contribution in [1.82, 2.24) is 0 Å². The van der Waals surface area contributed by atoms with Crippen LogP contribution < -0.4 is 0 Å². The van der Waals surface area contributed by atoms with Crippen LogP contribution in [0.1, 0.15) is 20.3 Å². The highest BCUT2D eigenvalue weighted by molar-refractivity contribution is 7.46. The first-order chi connectivity index (χ1) is 9.05. The molecule has 2 bridgehead atoms. The maximum Gasteiger partial charge on any atom is 0.238 e. The number of hydrogen-bond acceptors (Lipinski definition) is 4. The molecule has 0 saturated carbocycles. The highest BCUT2D eigenvalue weighted by atomic mass is 31.2. The zero-order valence-electron chi connectivity index (χ0n) is 11.5. The highest BCUT2D eigenvalue weighted by Crippen LogP contribution is 2.51. The van der Waals surface area contributed by atoms with Crippen LogP contribution in [0, 0.1) is 6.57 Å². The molecule has 0 aliphatic carbocycles. The molecular weight excluding hydrogens is 264 g/mol. The number of nitrogens with zero attached hydrogens (tertiary/aromatic N) is 1. The molecule has 0 aromatic carbocycles. The third-order valence-corrected chi connectivity index (χ3v) is 4.87. The van der Waals surface area contributed by atoms with Crippen molar-refractivity contribution in [1.29, 1.82) is 0 Å². The van der Waals surface area contributed by atoms with Crippen molar-refractivity contribution in [3.8, 4) is 0 Å². The van der Waals surface area contributed by atoms with Gasteiger partial charge < -0.3 is 23.4 Å². The molecule has 2 fully saturated rings. The smallest absolute Gasteiger partial charge is 0.238 e. The van der Waals surface area contributed by atoms with E-state index in [1.807, 2.05) is 20.5 Å². The summed E-state index contributed by atoms with van der Waals surface area (Å²) in [5.41, 5.74) is -0.468. The predicted molar refractivity (Wildman–Crippen MR) is 73.1 cm³/mol. The van der Waals surface area contributed by atoms with Gasteiger partial charge in [0.1, 0.15) is 32.3 Å². The summed E-state index contributed by atoms with van der Waals surface area (Å²) in [5, 5.41) is 0. The zero-order valence-corrected chi connectivity index (χ0v) is 12.4. The van der Waals surface area contributed by atoms with Gasteiger partial charge in [-0.2, -0.15) is 0 Å². The van der Waals surface area contributed by atoms with Gasteiger partial charge >= 0.3 is 0 Å². The number of fused-ring (bicyclic) bond motifs is 2. The van der Waals surface area contributed by atoms with Crippen LogP contribution >= 0.6 is 8.38 Å². The largest absolute Gasteiger partial charge is 0.373 e. The summed E-state index contributed by atoms with van der Waals surface area (Å²) >= 11 is 0. The standard InChI is InChI=1S/C12H19BNO4P/c1-5-12-8(2)16-9(11(13)17-12)10(12)18-19(4)15-7-6-14-3/h8-11H,5-7H2,1-2,4H3/t8-,9-,10+,11-,12+,19?/m1/s1. The number of hydrogen-bond donors (Lipinski definition) is 0. The molecule has 2 radical (unpaired) electrons. The molecule has 6 atom stereocenters. The molecule has 1 unspecified atom stereocenters. The molecule has 5 nitrogen and oxygen atoms in total. The van der Waals surface area contributed by atoms with Crippen LogP contribution in [-0.4, -0.2) is 57.6 Å². The zero-order chi connectivity index (χ0) is 14.0. The van der Waals surface area contributed by atoms with E-state index in [0.29, 0.717) is 13.2 Å². The molecule has 0 spiro atoms. The lowest BCUT2D eigenvalue weighted by Gasteiger charge is -2.35. The Morgan fingerprint density at radius 3 is 2.89 bits per heavy atom. The van der Waals surface area contributed by atoms with Crippen molar-refractivity contribution in [2.75, 3.05) is 19.8 Å². The van der Waals surface area contributed by atoms with E-state index in [9.17, 15) is 0 Å². The SMILES string of the molecule is [B][C@@H]1O[C@@]2(CC)[C@@H](C)O[C@@H]1[C@@H]2OP(C)OCC[N+]#[C-]. The van der Waals surface area contributed by atoms with E-state index in [4.69, 9.17) is 32.9 Å². The van der Waals surface area contributed by atoms with E-state index in [1.54, 1.807) is 0 Å². The molecule has 2 heterocycles. The van der Waals surface area contributed by atoms with Crippen molar-refractivity contribution in [2.45, 2.75) is 50.2 Å². The van der Waals surface area contributed by atoms with E-state index < -0.39 is 20.0 Å². The summed E-state index contributed by atoms with van der Waals surface area (Å²) in [4.78, 5) is 3.25. The summed E-state index contributed by atoms with van der Waals surface area (Å²) in [6.45, 7) is 13.4. The van der Waals surface area contributed by atoms with E-state index in [1.165, 1.54) is 0 Å². The van der Waals surface area contributed by atoms with Crippen molar-refractivity contribution in [3.63, 3.8) is 0 Å². The summed E-state index contributed by atoms with van der Waals surface area (Å²) < 4.78 is 23.2. The van der Waals surface area contributed by atoms with E-state index >= 15 is 0 Å². The average molecular weight is 283 g/mol. The third kappa shape index (κ3) is 2.68. The maximum absolute atomic E-state index is 6.71. The van der Waals surface area contributed by atoms with Crippen LogP contribution in [0.4, 0.5) is 0 Å². The fourth-order valence-corrected chi connectivity index (χ4v) is 3.81. The van der Waals surface area contributed by atoms with Crippen LogP contribution in [0.5, 0.6) is 0 Å². The van der Waals surface area contributed by atoms with Gasteiger partial charge in [0.15, 0.2) is 8.38 Å². The highest BCUT2D eigenvalue weighted by Gasteiger charge is 2.63. The Hall–Kier alpha value is -0.175. The van der Waals surface area contributed by atoms with E-state index in [-0.39, 0.29) is 18.3 Å². The van der Waals surface area contributed by atoms with Crippen molar-refractivity contribution < 1.29 is 18.5 Å². The Morgan fingerprint density at radius 1 is 1.53 bits per heavy atom. The molecule has 2 aliphatic rings. The van der Waals surface area contributed by atoms with Crippen LogP contribution in [0.15, 0.2) is 0 Å². The van der Waals surface area contributed by atoms with Gasteiger partial charge in [-0.05, 0) is 13.3 Å². The lowest BCUT2D eigenvalue weighted by Crippen LogP contribution is -2.46. The molecule has 0 amide bonds. The van der Waals surface area contributed by atoms with E-state index in [2.05, 4.69) is 4.85 Å². The fourth-order valence-electron chi connectivity index (χ4n) is 2.79. The van der Waals surface area contributed by atoms with E-state index in [0.717, 1.165) is 6.42 Å². The summed E-state index contributed by atoms with van der Waals surface area (Å²) in [5.74, 6) is 0. The van der Waals surface area contributed by atoms with Crippen molar-refractivity contribution >= 4 is 16.2 Å². The quantitative estimate of drug-likeness (QED) is 0.322. The minimum Gasteiger partial charge on any atom is -0.373 e. The van der Waals surface area contributed by atoms with Gasteiger partial charge in [0.2, 0.25) is 6.54 Å². The Bertz CT molecular complexity index is 366. The van der Waals surface area contributed by atoms with Gasteiger partial charge in [0.05, 0.1) is 6.10 Å². The lowest BCUT2D eigenvalue weighted by atomic mass is 9.88. The lowest BCUT2D eigenvalue weighted by molar-refractivity contribution is -0.157. The molecule has 2 aliphatic heterocycles. The monoisotopic (exact) mass is 283 g/mol. The number of ether oxygens (including phenoxy) is 2. The first-order valence-corrected chi connectivity index (χ1v) is 8.13. The van der Waals surface area contributed by atoms with Gasteiger partial charge in [-0.3, -0.25) is 0 Å². The van der Waals surface area contributed by atoms with Crippen LogP contribution in [0.25, 0.3) is 4.85 Å². The Kier molecular flexibility index (Phi) is 4.86. The van der Waals surface area contributed by atoms with Crippen LogP contribution in [0.3, 0.4) is 0 Å². The maximum atomic E-state index is 6.71. The first kappa shape index (κ1) is 15.2. The second-order valence-corrected chi connectivity index (χ2v) is 6.16. The summed E-state index contributed by atoms with van der Waals surface area (Å²) in [7, 11) is 4.88. The van der Waals surface area contributed by atoms with Gasteiger partial charge in [0, 0.05) is 12.7 Å². The summed E-state index contributed by atoms with van der Waals surface area (Å²) in [6, 6.07) is -0.437. The fraction of sp³-hybridized carbons (Fsp3) is 0.917. The average Bonchev–Trinajstić information content (AvgIpc) is 2.78. The van der Waals surface area contributed by atoms with Gasteiger partial charge in [-0.1, -0.05) is 6.92 Å². The van der Waals surface area contributed by atoms with Gasteiger partial charge in [-0.15, -0.1) is 0 Å². The van der Waals surface area contributed by atoms with Crippen LogP contribution in [0.2, 0.25) is 0 Å². The van der Waals surface area contributed by atoms with Crippen molar-refractivity contribution in [3.05, 3.63) is 11.4 Å². The molecule has 0 N–H and O–H groups in total. The second kappa shape index (κ2) is 6.07. The van der Waals surface area contributed by atoms with Crippen molar-refractivity contribution in [2.24, 2.45) is 0 Å². The Balaban J connectivity index is 1.98. The topological polar surface area (TPSA) is 41.3 Å². The Morgan fingerprint density at radius 2 is 2.26 bits per heavy atom. The van der Waals surface area contributed by atoms with Crippen LogP contribution in [-0.2, 0) is 18.5 Å². The molecular formula is C12H19BNO4P. The summed E-state index contributed by atoms with van der Waals surface area (Å²) in [6.07, 6.45) is 0.337. The number of rotatable bonds is 6. The van der Waals surface area contributed by atoms with Gasteiger partial charge in [-0.25, -0.2) is 6.57 Å². The molecule has 104 valence electrons. The third-order valence-electron chi connectivity index (χ3n) is 3.80. The molecule has 2 saturated heterocycles. The molecule has 0 aromatic rings. The minimum absolute atomic E-state index is 0.0288.